The summed E-state index contributed by atoms with van der Waals surface area (Å²) in [5.41, 5.74) is 7.63. The Bertz CT molecular complexity index is 1860. The van der Waals surface area contributed by atoms with Crippen LogP contribution in [0.25, 0.3) is 45.7 Å². The van der Waals surface area contributed by atoms with Crippen LogP contribution in [0.4, 0.5) is 0 Å². The van der Waals surface area contributed by atoms with Gasteiger partial charge >= 0.3 is 5.97 Å². The number of benzene rings is 4. The Morgan fingerprint density at radius 1 is 0.929 bits per heavy atom. The molecule has 0 radical (unpaired) electrons. The molecule has 0 amide bonds. The van der Waals surface area contributed by atoms with E-state index >= 15 is 0 Å². The summed E-state index contributed by atoms with van der Waals surface area (Å²) in [5.74, 6) is 0.544. The maximum atomic E-state index is 12.2. The van der Waals surface area contributed by atoms with Crippen LogP contribution in [-0.2, 0) is 13.0 Å². The molecule has 0 aliphatic carbocycles. The SMILES string of the molecule is CCCCc1nc2cc(C(=O)O)c(C=Cc3ccccc3)cc2n1Cc1ccc(-c2ccccc2-c2nn[nH]n2)cc1. The van der Waals surface area contributed by atoms with E-state index in [1.807, 2.05) is 66.7 Å². The summed E-state index contributed by atoms with van der Waals surface area (Å²) in [6.45, 7) is 2.78. The summed E-state index contributed by atoms with van der Waals surface area (Å²) in [6, 6.07) is 30.0. The van der Waals surface area contributed by atoms with E-state index in [1.165, 1.54) is 0 Å². The van der Waals surface area contributed by atoms with Crippen molar-refractivity contribution in [2.24, 2.45) is 0 Å². The first-order valence-electron chi connectivity index (χ1n) is 14.0. The van der Waals surface area contributed by atoms with Gasteiger partial charge in [0.1, 0.15) is 5.82 Å². The number of carbonyl (C=O) groups is 1. The van der Waals surface area contributed by atoms with Crippen LogP contribution < -0.4 is 0 Å². The first kappa shape index (κ1) is 26.8. The second-order valence-electron chi connectivity index (χ2n) is 10.2. The number of imidazole rings is 1. The molecular weight excluding hydrogens is 524 g/mol. The Morgan fingerprint density at radius 3 is 2.40 bits per heavy atom. The minimum atomic E-state index is -0.967. The predicted octanol–water partition coefficient (Wildman–Crippen LogP) is 7.14. The van der Waals surface area contributed by atoms with Crippen molar-refractivity contribution in [1.29, 1.82) is 0 Å². The van der Waals surface area contributed by atoms with E-state index in [1.54, 1.807) is 6.07 Å². The zero-order valence-electron chi connectivity index (χ0n) is 23.2. The molecule has 2 N–H and O–H groups in total. The van der Waals surface area contributed by atoms with E-state index in [0.717, 1.165) is 58.4 Å². The summed E-state index contributed by atoms with van der Waals surface area (Å²) in [6.07, 6.45) is 6.68. The van der Waals surface area contributed by atoms with Crippen LogP contribution in [-0.4, -0.2) is 41.3 Å². The van der Waals surface area contributed by atoms with Gasteiger partial charge in [-0.25, -0.2) is 9.78 Å². The predicted molar refractivity (Wildman–Crippen MR) is 165 cm³/mol. The van der Waals surface area contributed by atoms with Crippen molar-refractivity contribution >= 4 is 29.2 Å². The van der Waals surface area contributed by atoms with Crippen LogP contribution in [0.2, 0.25) is 0 Å². The fourth-order valence-electron chi connectivity index (χ4n) is 5.19. The van der Waals surface area contributed by atoms with Gasteiger partial charge in [0.05, 0.1) is 16.6 Å². The lowest BCUT2D eigenvalue weighted by molar-refractivity contribution is 0.0697. The molecule has 0 bridgehead atoms. The second-order valence-corrected chi connectivity index (χ2v) is 10.2. The standard InChI is InChI=1S/C34H30N6O2/c1-2-3-13-32-35-30-21-29(34(41)42)26(19-14-23-9-5-4-6-10-23)20-31(30)40(32)22-24-15-17-25(18-16-24)27-11-7-8-12-28(27)33-36-38-39-37-33/h4-12,14-21H,2-3,13,22H2,1H3,(H,41,42)(H,36,37,38,39). The lowest BCUT2D eigenvalue weighted by Gasteiger charge is -2.12. The summed E-state index contributed by atoms with van der Waals surface area (Å²) in [5, 5.41) is 24.5. The van der Waals surface area contributed by atoms with Crippen molar-refractivity contribution in [3.05, 3.63) is 119 Å². The lowest BCUT2D eigenvalue weighted by atomic mass is 9.98. The molecule has 4 aromatic carbocycles. The molecule has 6 rings (SSSR count). The third-order valence-electron chi connectivity index (χ3n) is 7.36. The molecule has 0 unspecified atom stereocenters. The molecule has 0 aliphatic heterocycles. The fraction of sp³-hybridized carbons (Fsp3) is 0.147. The summed E-state index contributed by atoms with van der Waals surface area (Å²) in [7, 11) is 0. The quantitative estimate of drug-likeness (QED) is 0.174. The Kier molecular flexibility index (Phi) is 7.68. The minimum Gasteiger partial charge on any atom is -0.478 e. The van der Waals surface area contributed by atoms with E-state index < -0.39 is 5.97 Å². The van der Waals surface area contributed by atoms with Gasteiger partial charge in [0, 0.05) is 18.5 Å². The van der Waals surface area contributed by atoms with Gasteiger partial charge in [0.2, 0.25) is 5.82 Å². The van der Waals surface area contributed by atoms with Crippen LogP contribution >= 0.6 is 0 Å². The van der Waals surface area contributed by atoms with Gasteiger partial charge in [0.15, 0.2) is 0 Å². The molecule has 0 atom stereocenters. The number of hydrogen-bond donors (Lipinski definition) is 2. The van der Waals surface area contributed by atoms with Crippen molar-refractivity contribution in [3.63, 3.8) is 0 Å². The smallest absolute Gasteiger partial charge is 0.336 e. The number of aromatic amines is 1. The van der Waals surface area contributed by atoms with Crippen LogP contribution in [0.3, 0.4) is 0 Å². The first-order chi connectivity index (χ1) is 20.6. The number of nitrogens with zero attached hydrogens (tertiary/aromatic N) is 5. The highest BCUT2D eigenvalue weighted by Gasteiger charge is 2.17. The molecule has 6 aromatic rings. The molecule has 0 aliphatic rings. The maximum absolute atomic E-state index is 12.2. The Hall–Kier alpha value is -5.37. The highest BCUT2D eigenvalue weighted by Crippen LogP contribution is 2.30. The van der Waals surface area contributed by atoms with Crippen molar-refractivity contribution in [2.75, 3.05) is 0 Å². The molecule has 0 saturated carbocycles. The number of unbranched alkanes of at least 4 members (excludes halogenated alkanes) is 1. The highest BCUT2D eigenvalue weighted by atomic mass is 16.4. The average Bonchev–Trinajstić information content (AvgIpc) is 3.68. The van der Waals surface area contributed by atoms with Crippen molar-refractivity contribution in [2.45, 2.75) is 32.7 Å². The van der Waals surface area contributed by atoms with E-state index in [-0.39, 0.29) is 5.56 Å². The number of carboxylic acids is 1. The number of H-pyrrole nitrogens is 1. The number of aromatic nitrogens is 6. The zero-order chi connectivity index (χ0) is 28.9. The number of aryl methyl sites for hydroxylation is 1. The largest absolute Gasteiger partial charge is 0.478 e. The third kappa shape index (κ3) is 5.60. The van der Waals surface area contributed by atoms with Crippen molar-refractivity contribution in [3.8, 4) is 22.5 Å². The number of tetrazole rings is 1. The van der Waals surface area contributed by atoms with Crippen molar-refractivity contribution in [1.82, 2.24) is 30.2 Å². The topological polar surface area (TPSA) is 110 Å². The number of hydrogen-bond acceptors (Lipinski definition) is 5. The van der Waals surface area contributed by atoms with Gasteiger partial charge in [-0.3, -0.25) is 0 Å². The Balaban J connectivity index is 1.37. The number of rotatable bonds is 10. The minimum absolute atomic E-state index is 0.242. The van der Waals surface area contributed by atoms with E-state index in [4.69, 9.17) is 4.98 Å². The number of aromatic carboxylic acids is 1. The van der Waals surface area contributed by atoms with Gasteiger partial charge in [-0.15, -0.1) is 10.2 Å². The maximum Gasteiger partial charge on any atom is 0.336 e. The van der Waals surface area contributed by atoms with Gasteiger partial charge in [-0.2, -0.15) is 5.21 Å². The molecule has 8 heteroatoms. The number of carboxylic acid groups (broad SMARTS) is 1. The molecular formula is C34H30N6O2. The van der Waals surface area contributed by atoms with Crippen LogP contribution in [0.15, 0.2) is 91.0 Å². The third-order valence-corrected chi connectivity index (χ3v) is 7.36. The van der Waals surface area contributed by atoms with Gasteiger partial charge in [0.25, 0.3) is 0 Å². The Labute approximate surface area is 243 Å². The average molecular weight is 555 g/mol. The summed E-state index contributed by atoms with van der Waals surface area (Å²) >= 11 is 0. The van der Waals surface area contributed by atoms with Crippen LogP contribution in [0, 0.1) is 0 Å². The fourth-order valence-corrected chi connectivity index (χ4v) is 5.19. The van der Waals surface area contributed by atoms with Gasteiger partial charge in [-0.1, -0.05) is 104 Å². The molecule has 8 nitrogen and oxygen atoms in total. The van der Waals surface area contributed by atoms with Crippen LogP contribution in [0.5, 0.6) is 0 Å². The van der Waals surface area contributed by atoms with E-state index in [0.29, 0.717) is 23.4 Å². The van der Waals surface area contributed by atoms with Gasteiger partial charge < -0.3 is 9.67 Å². The molecule has 0 saturated heterocycles. The Morgan fingerprint density at radius 2 is 1.69 bits per heavy atom. The number of nitrogens with one attached hydrogen (secondary N) is 1. The summed E-state index contributed by atoms with van der Waals surface area (Å²) in [4.78, 5) is 17.1. The van der Waals surface area contributed by atoms with E-state index in [2.05, 4.69) is 62.4 Å². The molecule has 208 valence electrons. The zero-order valence-corrected chi connectivity index (χ0v) is 23.2. The lowest BCUT2D eigenvalue weighted by Crippen LogP contribution is -2.06. The molecule has 2 heterocycles. The normalized spacial score (nSPS) is 11.5. The van der Waals surface area contributed by atoms with Crippen LogP contribution in [0.1, 0.15) is 52.6 Å². The highest BCUT2D eigenvalue weighted by molar-refractivity contribution is 5.98. The first-order valence-corrected chi connectivity index (χ1v) is 14.0. The van der Waals surface area contributed by atoms with Crippen molar-refractivity contribution < 1.29 is 9.90 Å². The van der Waals surface area contributed by atoms with E-state index in [9.17, 15) is 9.90 Å². The van der Waals surface area contributed by atoms with Gasteiger partial charge in [-0.05, 0) is 51.6 Å². The second kappa shape index (κ2) is 12.0. The molecule has 2 aromatic heterocycles. The number of fused-ring (bicyclic) bond motifs is 1. The molecule has 42 heavy (non-hydrogen) atoms. The molecule has 0 fully saturated rings. The molecule has 0 spiro atoms. The monoisotopic (exact) mass is 554 g/mol. The summed E-state index contributed by atoms with van der Waals surface area (Å²) < 4.78 is 2.22.